The summed E-state index contributed by atoms with van der Waals surface area (Å²) >= 11 is 0. The maximum atomic E-state index is 14.0. The Morgan fingerprint density at radius 3 is 1.95 bits per heavy atom. The van der Waals surface area contributed by atoms with Gasteiger partial charge in [-0.1, -0.05) is 18.2 Å². The molecule has 0 bridgehead atoms. The molecule has 1 aliphatic heterocycles. The summed E-state index contributed by atoms with van der Waals surface area (Å²) in [5.74, 6) is -1.76. The number of benzene rings is 2. The van der Waals surface area contributed by atoms with E-state index in [1.54, 1.807) is 26.0 Å². The van der Waals surface area contributed by atoms with Crippen molar-refractivity contribution in [3.05, 3.63) is 58.4 Å². The molecule has 3 rings (SSSR count). The molecule has 21 heavy (non-hydrogen) atoms. The number of para-hydroxylation sites is 1. The first-order valence-corrected chi connectivity index (χ1v) is 6.46. The lowest BCUT2D eigenvalue weighted by molar-refractivity contribution is 0.0925. The highest BCUT2D eigenvalue weighted by Crippen LogP contribution is 2.36. The van der Waals surface area contributed by atoms with Gasteiger partial charge in [0.2, 0.25) is 0 Å². The minimum Gasteiger partial charge on any atom is -0.397 e. The van der Waals surface area contributed by atoms with E-state index < -0.39 is 17.6 Å². The van der Waals surface area contributed by atoms with Crippen LogP contribution in [0.15, 0.2) is 30.3 Å². The molecule has 106 valence electrons. The molecule has 0 aromatic heterocycles. The van der Waals surface area contributed by atoms with Crippen molar-refractivity contribution in [3.8, 4) is 0 Å². The van der Waals surface area contributed by atoms with Gasteiger partial charge in [0.15, 0.2) is 0 Å². The molecule has 5 heteroatoms. The van der Waals surface area contributed by atoms with Crippen molar-refractivity contribution in [2.45, 2.75) is 13.8 Å². The molecule has 2 aromatic rings. The van der Waals surface area contributed by atoms with Crippen LogP contribution in [0.25, 0.3) is 0 Å². The summed E-state index contributed by atoms with van der Waals surface area (Å²) in [6.07, 6.45) is 0. The van der Waals surface area contributed by atoms with Crippen LogP contribution < -0.4 is 10.6 Å². The van der Waals surface area contributed by atoms with Crippen molar-refractivity contribution in [1.82, 2.24) is 0 Å². The Kier molecular flexibility index (Phi) is 2.79. The largest absolute Gasteiger partial charge is 0.397 e. The highest BCUT2D eigenvalue weighted by molar-refractivity contribution is 6.36. The lowest BCUT2D eigenvalue weighted by Crippen LogP contribution is -2.31. The van der Waals surface area contributed by atoms with E-state index in [0.29, 0.717) is 22.3 Å². The number of nitrogen functional groups attached to an aromatic ring is 1. The molecule has 0 aliphatic carbocycles. The summed E-state index contributed by atoms with van der Waals surface area (Å²) in [6, 6.07) is 7.61. The molecule has 1 heterocycles. The molecule has 2 N–H and O–H groups in total. The fraction of sp³-hybridized carbons (Fsp3) is 0.125. The van der Waals surface area contributed by atoms with Crippen LogP contribution in [0.5, 0.6) is 0 Å². The summed E-state index contributed by atoms with van der Waals surface area (Å²) in [6.45, 7) is 3.50. The molecule has 0 fully saturated rings. The summed E-state index contributed by atoms with van der Waals surface area (Å²) in [5, 5.41) is 0. The average molecular weight is 284 g/mol. The quantitative estimate of drug-likeness (QED) is 0.647. The van der Waals surface area contributed by atoms with Gasteiger partial charge in [-0.2, -0.15) is 0 Å². The predicted molar refractivity (Wildman–Crippen MR) is 77.9 cm³/mol. The van der Waals surface area contributed by atoms with Gasteiger partial charge in [-0.25, -0.2) is 9.29 Å². The topological polar surface area (TPSA) is 63.4 Å². The fourth-order valence-electron chi connectivity index (χ4n) is 2.65. The zero-order valence-electron chi connectivity index (χ0n) is 11.6. The van der Waals surface area contributed by atoms with Crippen LogP contribution in [0.4, 0.5) is 15.8 Å². The van der Waals surface area contributed by atoms with Crippen molar-refractivity contribution < 1.29 is 14.0 Å². The van der Waals surface area contributed by atoms with Gasteiger partial charge in [-0.05, 0) is 37.1 Å². The fourth-order valence-corrected chi connectivity index (χ4v) is 2.65. The van der Waals surface area contributed by atoms with Crippen LogP contribution >= 0.6 is 0 Å². The monoisotopic (exact) mass is 284 g/mol. The molecule has 2 amide bonds. The second-order valence-corrected chi connectivity index (χ2v) is 5.07. The Bertz CT molecular complexity index is 738. The number of nitrogens with two attached hydrogens (primary N) is 1. The van der Waals surface area contributed by atoms with E-state index in [9.17, 15) is 14.0 Å². The number of halogens is 1. The molecule has 0 spiro atoms. The first kappa shape index (κ1) is 13.3. The number of imide groups is 1. The minimum absolute atomic E-state index is 0.0554. The van der Waals surface area contributed by atoms with E-state index in [4.69, 9.17) is 5.73 Å². The first-order chi connectivity index (χ1) is 9.93. The summed E-state index contributed by atoms with van der Waals surface area (Å²) in [7, 11) is 0. The van der Waals surface area contributed by atoms with Crippen LogP contribution in [0.1, 0.15) is 31.8 Å². The van der Waals surface area contributed by atoms with E-state index in [2.05, 4.69) is 0 Å². The van der Waals surface area contributed by atoms with Gasteiger partial charge in [0, 0.05) is 0 Å². The van der Waals surface area contributed by atoms with Crippen molar-refractivity contribution >= 4 is 23.2 Å². The third kappa shape index (κ3) is 1.74. The minimum atomic E-state index is -0.695. The highest BCUT2D eigenvalue weighted by atomic mass is 19.1. The Morgan fingerprint density at radius 1 is 0.952 bits per heavy atom. The summed E-state index contributed by atoms with van der Waals surface area (Å²) in [4.78, 5) is 26.0. The van der Waals surface area contributed by atoms with Crippen LogP contribution in [-0.2, 0) is 0 Å². The second kappa shape index (κ2) is 4.41. The summed E-state index contributed by atoms with van der Waals surface area (Å²) < 4.78 is 14.0. The zero-order chi connectivity index (χ0) is 15.3. The molecule has 1 aliphatic rings. The number of hydrogen-bond donors (Lipinski definition) is 1. The maximum Gasteiger partial charge on any atom is 0.266 e. The van der Waals surface area contributed by atoms with Crippen LogP contribution in [0, 0.1) is 19.7 Å². The van der Waals surface area contributed by atoms with Gasteiger partial charge >= 0.3 is 0 Å². The number of amides is 2. The molecule has 0 unspecified atom stereocenters. The standard InChI is InChI=1S/C16H13FN2O2/c1-8-6-7-9(2)13-12(8)15(20)19(16(13)21)14-10(17)4-3-5-11(14)18/h3-7H,18H2,1-2H3. The summed E-state index contributed by atoms with van der Waals surface area (Å²) in [5.41, 5.74) is 7.64. The van der Waals surface area contributed by atoms with Crippen molar-refractivity contribution in [3.63, 3.8) is 0 Å². The van der Waals surface area contributed by atoms with Gasteiger partial charge in [-0.3, -0.25) is 9.59 Å². The first-order valence-electron chi connectivity index (χ1n) is 6.46. The average Bonchev–Trinajstić information content (AvgIpc) is 2.69. The Hall–Kier alpha value is -2.69. The SMILES string of the molecule is Cc1ccc(C)c2c1C(=O)N(c1c(N)cccc1F)C2=O. The van der Waals surface area contributed by atoms with Gasteiger partial charge in [-0.15, -0.1) is 0 Å². The van der Waals surface area contributed by atoms with Crippen LogP contribution in [0.2, 0.25) is 0 Å². The lowest BCUT2D eigenvalue weighted by atomic mass is 9.99. The molecule has 2 aromatic carbocycles. The van der Waals surface area contributed by atoms with Crippen LogP contribution in [0.3, 0.4) is 0 Å². The normalized spacial score (nSPS) is 13.8. The molecule has 0 atom stereocenters. The smallest absolute Gasteiger partial charge is 0.266 e. The van der Waals surface area contributed by atoms with Crippen molar-refractivity contribution in [2.75, 3.05) is 10.6 Å². The predicted octanol–water partition coefficient (Wildman–Crippen LogP) is 2.83. The van der Waals surface area contributed by atoms with Crippen LogP contribution in [-0.4, -0.2) is 11.8 Å². The lowest BCUT2D eigenvalue weighted by Gasteiger charge is -2.17. The molecular formula is C16H13FN2O2. The Labute approximate surface area is 121 Å². The number of nitrogens with zero attached hydrogens (tertiary/aromatic N) is 1. The number of fused-ring (bicyclic) bond motifs is 1. The van der Waals surface area contributed by atoms with Gasteiger partial charge < -0.3 is 5.73 Å². The number of carbonyl (C=O) groups excluding carboxylic acids is 2. The van der Waals surface area contributed by atoms with E-state index in [1.165, 1.54) is 18.2 Å². The number of rotatable bonds is 1. The molecule has 0 saturated heterocycles. The van der Waals surface area contributed by atoms with Crippen molar-refractivity contribution in [1.29, 1.82) is 0 Å². The molecule has 0 saturated carbocycles. The third-order valence-corrected chi connectivity index (χ3v) is 3.70. The Morgan fingerprint density at radius 2 is 1.48 bits per heavy atom. The molecular weight excluding hydrogens is 271 g/mol. The maximum absolute atomic E-state index is 14.0. The second-order valence-electron chi connectivity index (χ2n) is 5.07. The zero-order valence-corrected chi connectivity index (χ0v) is 11.6. The van der Waals surface area contributed by atoms with Gasteiger partial charge in [0.25, 0.3) is 11.8 Å². The van der Waals surface area contributed by atoms with Crippen molar-refractivity contribution in [2.24, 2.45) is 0 Å². The van der Waals surface area contributed by atoms with Gasteiger partial charge in [0.05, 0.1) is 16.8 Å². The third-order valence-electron chi connectivity index (χ3n) is 3.70. The van der Waals surface area contributed by atoms with E-state index >= 15 is 0 Å². The molecule has 4 nitrogen and oxygen atoms in total. The molecule has 0 radical (unpaired) electrons. The van der Waals surface area contributed by atoms with E-state index in [0.717, 1.165) is 4.90 Å². The number of anilines is 2. The van der Waals surface area contributed by atoms with Gasteiger partial charge in [0.1, 0.15) is 11.5 Å². The van der Waals surface area contributed by atoms with E-state index in [1.807, 2.05) is 0 Å². The highest BCUT2D eigenvalue weighted by Gasteiger charge is 2.40. The number of aryl methyl sites for hydroxylation is 2. The Balaban J connectivity index is 2.26. The number of carbonyl (C=O) groups is 2. The van der Waals surface area contributed by atoms with E-state index in [-0.39, 0.29) is 11.4 Å². The number of hydrogen-bond acceptors (Lipinski definition) is 3.